The second-order valence-corrected chi connectivity index (χ2v) is 5.12. The zero-order valence-electron chi connectivity index (χ0n) is 14.1. The van der Waals surface area contributed by atoms with Gasteiger partial charge in [-0.1, -0.05) is 44.2 Å². The van der Waals surface area contributed by atoms with Crippen LogP contribution in [0.4, 0.5) is 0 Å². The van der Waals surface area contributed by atoms with Gasteiger partial charge in [-0.25, -0.2) is 0 Å². The average Bonchev–Trinajstić information content (AvgIpc) is 2.60. The Hall–Kier alpha value is -2.20. The summed E-state index contributed by atoms with van der Waals surface area (Å²) in [4.78, 5) is 2.27. The minimum atomic E-state index is -0.409. The highest BCUT2D eigenvalue weighted by atomic mass is 16.7. The van der Waals surface area contributed by atoms with Crippen molar-refractivity contribution in [3.8, 4) is 17.2 Å². The highest BCUT2D eigenvalue weighted by molar-refractivity contribution is 5.39. The molecule has 0 aliphatic rings. The number of benzene rings is 2. The first-order valence-corrected chi connectivity index (χ1v) is 8.00. The number of rotatable bonds is 9. The third-order valence-corrected chi connectivity index (χ3v) is 3.64. The van der Waals surface area contributed by atoms with Crippen LogP contribution in [0.5, 0.6) is 17.2 Å². The van der Waals surface area contributed by atoms with E-state index in [1.54, 1.807) is 7.11 Å². The maximum Gasteiger partial charge on any atom is 0.253 e. The SMILES string of the molecule is CCN(CC)CC(Oc1ccccc1)Oc1ccccc1OC. The van der Waals surface area contributed by atoms with Crippen LogP contribution >= 0.6 is 0 Å². The Bertz CT molecular complexity index is 570. The van der Waals surface area contributed by atoms with Gasteiger partial charge in [-0.05, 0) is 37.4 Å². The van der Waals surface area contributed by atoms with E-state index >= 15 is 0 Å². The number of nitrogens with zero attached hydrogens (tertiary/aromatic N) is 1. The van der Waals surface area contributed by atoms with Gasteiger partial charge in [-0.2, -0.15) is 0 Å². The van der Waals surface area contributed by atoms with E-state index in [1.165, 1.54) is 0 Å². The van der Waals surface area contributed by atoms with Gasteiger partial charge in [-0.3, -0.25) is 4.90 Å². The molecule has 4 nitrogen and oxygen atoms in total. The van der Waals surface area contributed by atoms with E-state index in [-0.39, 0.29) is 0 Å². The van der Waals surface area contributed by atoms with E-state index in [4.69, 9.17) is 14.2 Å². The van der Waals surface area contributed by atoms with Crippen molar-refractivity contribution in [1.29, 1.82) is 0 Å². The molecule has 0 fully saturated rings. The number of likely N-dealkylation sites (N-methyl/N-ethyl adjacent to an activating group) is 1. The summed E-state index contributed by atoms with van der Waals surface area (Å²) in [7, 11) is 1.64. The molecule has 2 aromatic carbocycles. The van der Waals surface area contributed by atoms with Crippen LogP contribution in [0.2, 0.25) is 0 Å². The lowest BCUT2D eigenvalue weighted by atomic mass is 10.3. The van der Waals surface area contributed by atoms with Gasteiger partial charge in [0, 0.05) is 0 Å². The molecule has 0 aromatic heterocycles. The fourth-order valence-electron chi connectivity index (χ4n) is 2.30. The first kappa shape index (κ1) is 17.2. The molecule has 4 heteroatoms. The summed E-state index contributed by atoms with van der Waals surface area (Å²) in [5, 5.41) is 0. The van der Waals surface area contributed by atoms with Gasteiger partial charge < -0.3 is 14.2 Å². The molecule has 0 saturated carbocycles. The molecule has 0 spiro atoms. The van der Waals surface area contributed by atoms with Crippen molar-refractivity contribution in [1.82, 2.24) is 4.90 Å². The lowest BCUT2D eigenvalue weighted by molar-refractivity contribution is -0.0203. The van der Waals surface area contributed by atoms with Gasteiger partial charge in [0.25, 0.3) is 6.29 Å². The molecular weight excluding hydrogens is 290 g/mol. The van der Waals surface area contributed by atoms with Crippen LogP contribution in [-0.2, 0) is 0 Å². The van der Waals surface area contributed by atoms with Crippen LogP contribution in [0.1, 0.15) is 13.8 Å². The number of ether oxygens (including phenoxy) is 3. The normalized spacial score (nSPS) is 12.0. The van der Waals surface area contributed by atoms with Crippen molar-refractivity contribution in [3.63, 3.8) is 0 Å². The van der Waals surface area contributed by atoms with Crippen LogP contribution < -0.4 is 14.2 Å². The Morgan fingerprint density at radius 1 is 0.826 bits per heavy atom. The van der Waals surface area contributed by atoms with Gasteiger partial charge in [0.15, 0.2) is 11.5 Å². The molecule has 2 aromatic rings. The van der Waals surface area contributed by atoms with Crippen molar-refractivity contribution < 1.29 is 14.2 Å². The summed E-state index contributed by atoms with van der Waals surface area (Å²) in [6, 6.07) is 17.3. The third kappa shape index (κ3) is 5.18. The van der Waals surface area contributed by atoms with Crippen LogP contribution in [0.25, 0.3) is 0 Å². The molecule has 1 unspecified atom stereocenters. The van der Waals surface area contributed by atoms with Crippen LogP contribution in [0.15, 0.2) is 54.6 Å². The topological polar surface area (TPSA) is 30.9 Å². The van der Waals surface area contributed by atoms with Gasteiger partial charge in [0.2, 0.25) is 0 Å². The lowest BCUT2D eigenvalue weighted by Crippen LogP contribution is -2.39. The molecule has 0 heterocycles. The highest BCUT2D eigenvalue weighted by Crippen LogP contribution is 2.27. The van der Waals surface area contributed by atoms with Gasteiger partial charge in [0.1, 0.15) is 5.75 Å². The predicted molar refractivity (Wildman–Crippen MR) is 92.3 cm³/mol. The summed E-state index contributed by atoms with van der Waals surface area (Å²) in [6.07, 6.45) is -0.409. The molecule has 0 bridgehead atoms. The first-order valence-electron chi connectivity index (χ1n) is 8.00. The van der Waals surface area contributed by atoms with Crippen molar-refractivity contribution in [2.75, 3.05) is 26.7 Å². The van der Waals surface area contributed by atoms with Crippen molar-refractivity contribution in [2.24, 2.45) is 0 Å². The Kier molecular flexibility index (Phi) is 6.76. The lowest BCUT2D eigenvalue weighted by Gasteiger charge is -2.27. The summed E-state index contributed by atoms with van der Waals surface area (Å²) in [5.41, 5.74) is 0. The average molecular weight is 315 g/mol. The zero-order chi connectivity index (χ0) is 16.5. The molecule has 0 N–H and O–H groups in total. The summed E-state index contributed by atoms with van der Waals surface area (Å²) in [5.74, 6) is 2.18. The monoisotopic (exact) mass is 315 g/mol. The quantitative estimate of drug-likeness (QED) is 0.658. The highest BCUT2D eigenvalue weighted by Gasteiger charge is 2.18. The van der Waals surface area contributed by atoms with Crippen LogP contribution in [0, 0.1) is 0 Å². The van der Waals surface area contributed by atoms with Crippen LogP contribution in [0.3, 0.4) is 0 Å². The molecule has 1 atom stereocenters. The van der Waals surface area contributed by atoms with Gasteiger partial charge >= 0.3 is 0 Å². The second kappa shape index (κ2) is 9.06. The molecular formula is C19H25NO3. The molecule has 0 radical (unpaired) electrons. The summed E-state index contributed by atoms with van der Waals surface area (Å²) in [6.45, 7) is 6.83. The van der Waals surface area contributed by atoms with E-state index in [9.17, 15) is 0 Å². The number of hydrogen-bond acceptors (Lipinski definition) is 4. The number of methoxy groups -OCH3 is 1. The third-order valence-electron chi connectivity index (χ3n) is 3.64. The smallest absolute Gasteiger partial charge is 0.253 e. The minimum Gasteiger partial charge on any atom is -0.493 e. The Labute approximate surface area is 138 Å². The molecule has 0 aliphatic heterocycles. The summed E-state index contributed by atoms with van der Waals surface area (Å²) < 4.78 is 17.5. The maximum atomic E-state index is 6.09. The zero-order valence-corrected chi connectivity index (χ0v) is 14.1. The minimum absolute atomic E-state index is 0.409. The Morgan fingerprint density at radius 3 is 2.04 bits per heavy atom. The van der Waals surface area contributed by atoms with Crippen molar-refractivity contribution in [3.05, 3.63) is 54.6 Å². The fourth-order valence-corrected chi connectivity index (χ4v) is 2.30. The van der Waals surface area contributed by atoms with Gasteiger partial charge in [0.05, 0.1) is 13.7 Å². The van der Waals surface area contributed by atoms with E-state index < -0.39 is 6.29 Å². The molecule has 124 valence electrons. The van der Waals surface area contributed by atoms with Crippen molar-refractivity contribution >= 4 is 0 Å². The van der Waals surface area contributed by atoms with E-state index in [0.29, 0.717) is 18.0 Å². The standard InChI is InChI=1S/C19H25NO3/c1-4-20(5-2)15-19(22-16-11-7-6-8-12-16)23-18-14-10-9-13-17(18)21-3/h6-14,19H,4-5,15H2,1-3H3. The predicted octanol–water partition coefficient (Wildman–Crippen LogP) is 3.82. The Balaban J connectivity index is 2.15. The number of para-hydroxylation sites is 3. The summed E-state index contributed by atoms with van der Waals surface area (Å²) >= 11 is 0. The molecule has 0 aliphatic carbocycles. The second-order valence-electron chi connectivity index (χ2n) is 5.12. The van der Waals surface area contributed by atoms with E-state index in [0.717, 1.165) is 18.8 Å². The van der Waals surface area contributed by atoms with E-state index in [1.807, 2.05) is 54.6 Å². The molecule has 0 saturated heterocycles. The molecule has 23 heavy (non-hydrogen) atoms. The largest absolute Gasteiger partial charge is 0.493 e. The van der Waals surface area contributed by atoms with Crippen LogP contribution in [-0.4, -0.2) is 37.9 Å². The van der Waals surface area contributed by atoms with E-state index in [2.05, 4.69) is 18.7 Å². The fraction of sp³-hybridized carbons (Fsp3) is 0.368. The maximum absolute atomic E-state index is 6.09. The molecule has 0 amide bonds. The number of hydrogen-bond donors (Lipinski definition) is 0. The Morgan fingerprint density at radius 2 is 1.43 bits per heavy atom. The van der Waals surface area contributed by atoms with Gasteiger partial charge in [-0.15, -0.1) is 0 Å². The molecule has 2 rings (SSSR count). The first-order chi connectivity index (χ1) is 11.3. The van der Waals surface area contributed by atoms with Crippen molar-refractivity contribution in [2.45, 2.75) is 20.1 Å².